The number of carbonyl (C=O) groups excluding carboxylic acids is 2. The van der Waals surface area contributed by atoms with Gasteiger partial charge in [0.05, 0.1) is 24.7 Å². The van der Waals surface area contributed by atoms with Gasteiger partial charge in [-0.15, -0.1) is 0 Å². The van der Waals surface area contributed by atoms with Crippen molar-refractivity contribution >= 4 is 11.9 Å². The van der Waals surface area contributed by atoms with E-state index in [1.54, 1.807) is 13.8 Å². The molecule has 0 amide bonds. The molecule has 0 saturated carbocycles. The zero-order valence-corrected chi connectivity index (χ0v) is 14.3. The molecule has 5 nitrogen and oxygen atoms in total. The van der Waals surface area contributed by atoms with Crippen LogP contribution >= 0.6 is 0 Å². The normalized spacial score (nSPS) is 10.8. The Balaban J connectivity index is 3.08. The average Bonchev–Trinajstić information content (AvgIpc) is 2.58. The SMILES string of the molecule is CCOC(=O)CCC(C#N)(CCC(=O)OCC)c1ccc(F)c(F)c1. The summed E-state index contributed by atoms with van der Waals surface area (Å²) >= 11 is 0. The van der Waals surface area contributed by atoms with Gasteiger partial charge < -0.3 is 9.47 Å². The van der Waals surface area contributed by atoms with Gasteiger partial charge in [0.25, 0.3) is 0 Å². The van der Waals surface area contributed by atoms with Gasteiger partial charge in [0.15, 0.2) is 11.6 Å². The quantitative estimate of drug-likeness (QED) is 0.636. The van der Waals surface area contributed by atoms with Crippen molar-refractivity contribution in [3.05, 3.63) is 35.4 Å². The number of benzene rings is 1. The van der Waals surface area contributed by atoms with Crippen LogP contribution in [0.2, 0.25) is 0 Å². The summed E-state index contributed by atoms with van der Waals surface area (Å²) in [5.74, 6) is -3.13. The minimum absolute atomic E-state index is 0.0206. The molecule has 0 aromatic heterocycles. The molecule has 0 fully saturated rings. The Morgan fingerprint density at radius 1 is 1.04 bits per heavy atom. The topological polar surface area (TPSA) is 76.4 Å². The van der Waals surface area contributed by atoms with E-state index in [-0.39, 0.29) is 44.5 Å². The molecule has 7 heteroatoms. The molecule has 1 aromatic rings. The van der Waals surface area contributed by atoms with Crippen molar-refractivity contribution in [2.45, 2.75) is 44.9 Å². The van der Waals surface area contributed by atoms with Crippen molar-refractivity contribution in [2.75, 3.05) is 13.2 Å². The van der Waals surface area contributed by atoms with E-state index in [1.807, 2.05) is 0 Å². The van der Waals surface area contributed by atoms with Gasteiger partial charge in [-0.1, -0.05) is 6.07 Å². The molecule has 0 unspecified atom stereocenters. The summed E-state index contributed by atoms with van der Waals surface area (Å²) in [7, 11) is 0. The number of halogens is 2. The lowest BCUT2D eigenvalue weighted by molar-refractivity contribution is -0.143. The second-order valence-corrected chi connectivity index (χ2v) is 5.43. The lowest BCUT2D eigenvalue weighted by Gasteiger charge is -2.26. The summed E-state index contributed by atoms with van der Waals surface area (Å²) in [6.45, 7) is 3.72. The maximum Gasteiger partial charge on any atom is 0.305 e. The van der Waals surface area contributed by atoms with Gasteiger partial charge in [0.2, 0.25) is 0 Å². The number of ether oxygens (including phenoxy) is 2. The largest absolute Gasteiger partial charge is 0.466 e. The summed E-state index contributed by atoms with van der Waals surface area (Å²) in [6.07, 6.45) is -0.119. The number of esters is 2. The van der Waals surface area contributed by atoms with Crippen LogP contribution < -0.4 is 0 Å². The molecule has 1 aromatic carbocycles. The molecule has 1 rings (SSSR count). The number of carbonyl (C=O) groups is 2. The highest BCUT2D eigenvalue weighted by atomic mass is 19.2. The summed E-state index contributed by atoms with van der Waals surface area (Å²) in [5, 5.41) is 9.71. The monoisotopic (exact) mass is 353 g/mol. The van der Waals surface area contributed by atoms with E-state index < -0.39 is 29.0 Å². The van der Waals surface area contributed by atoms with Crippen LogP contribution in [-0.2, 0) is 24.5 Å². The Bertz CT molecular complexity index is 633. The van der Waals surface area contributed by atoms with E-state index in [9.17, 15) is 23.6 Å². The molecule has 25 heavy (non-hydrogen) atoms. The van der Waals surface area contributed by atoms with E-state index in [2.05, 4.69) is 6.07 Å². The highest BCUT2D eigenvalue weighted by Gasteiger charge is 2.34. The number of rotatable bonds is 9. The zero-order chi connectivity index (χ0) is 18.9. The van der Waals surface area contributed by atoms with Crippen molar-refractivity contribution in [3.63, 3.8) is 0 Å². The van der Waals surface area contributed by atoms with Crippen molar-refractivity contribution in [2.24, 2.45) is 0 Å². The van der Waals surface area contributed by atoms with Crippen LogP contribution in [0.4, 0.5) is 8.78 Å². The van der Waals surface area contributed by atoms with Gasteiger partial charge in [-0.3, -0.25) is 9.59 Å². The highest BCUT2D eigenvalue weighted by Crippen LogP contribution is 2.35. The summed E-state index contributed by atoms with van der Waals surface area (Å²) < 4.78 is 36.5. The highest BCUT2D eigenvalue weighted by molar-refractivity contribution is 5.70. The standard InChI is InChI=1S/C18H21F2NO4/c1-3-24-16(22)7-9-18(12-21,10-8-17(23)25-4-2)13-5-6-14(19)15(20)11-13/h5-6,11H,3-4,7-10H2,1-2H3. The molecule has 0 spiro atoms. The smallest absolute Gasteiger partial charge is 0.305 e. The number of hydrogen-bond acceptors (Lipinski definition) is 5. The van der Waals surface area contributed by atoms with Crippen molar-refractivity contribution < 1.29 is 27.8 Å². The van der Waals surface area contributed by atoms with E-state index in [0.29, 0.717) is 0 Å². The molecule has 0 aliphatic heterocycles. The molecule has 0 N–H and O–H groups in total. The minimum Gasteiger partial charge on any atom is -0.466 e. The first-order valence-corrected chi connectivity index (χ1v) is 8.06. The van der Waals surface area contributed by atoms with Gasteiger partial charge in [0, 0.05) is 12.8 Å². The van der Waals surface area contributed by atoms with Gasteiger partial charge >= 0.3 is 11.9 Å². The Hall–Kier alpha value is -2.49. The fraction of sp³-hybridized carbons (Fsp3) is 0.500. The maximum absolute atomic E-state index is 13.6. The van der Waals surface area contributed by atoms with E-state index >= 15 is 0 Å². The van der Waals surface area contributed by atoms with Crippen molar-refractivity contribution in [1.29, 1.82) is 5.26 Å². The van der Waals surface area contributed by atoms with Crippen LogP contribution in [0.1, 0.15) is 45.1 Å². The third-order valence-electron chi connectivity index (χ3n) is 3.81. The lowest BCUT2D eigenvalue weighted by atomic mass is 9.74. The first kappa shape index (κ1) is 20.6. The Morgan fingerprint density at radius 3 is 1.96 bits per heavy atom. The summed E-state index contributed by atoms with van der Waals surface area (Å²) in [6, 6.07) is 5.21. The van der Waals surface area contributed by atoms with Crippen molar-refractivity contribution in [1.82, 2.24) is 0 Å². The van der Waals surface area contributed by atoms with E-state index in [1.165, 1.54) is 6.07 Å². The molecule has 0 heterocycles. The maximum atomic E-state index is 13.6. The third kappa shape index (κ3) is 5.82. The molecule has 0 saturated heterocycles. The van der Waals surface area contributed by atoms with E-state index in [4.69, 9.17) is 9.47 Å². The number of nitrogens with zero attached hydrogens (tertiary/aromatic N) is 1. The van der Waals surface area contributed by atoms with E-state index in [0.717, 1.165) is 12.1 Å². The number of hydrogen-bond donors (Lipinski definition) is 0. The second-order valence-electron chi connectivity index (χ2n) is 5.43. The molecule has 0 radical (unpaired) electrons. The van der Waals surface area contributed by atoms with Crippen LogP contribution in [0.15, 0.2) is 18.2 Å². The van der Waals surface area contributed by atoms with Crippen LogP contribution in [0.3, 0.4) is 0 Å². The van der Waals surface area contributed by atoms with Crippen LogP contribution in [0, 0.1) is 23.0 Å². The Kier molecular flexibility index (Phi) is 7.99. The average molecular weight is 353 g/mol. The third-order valence-corrected chi connectivity index (χ3v) is 3.81. The lowest BCUT2D eigenvalue weighted by Crippen LogP contribution is -2.27. The van der Waals surface area contributed by atoms with Crippen LogP contribution in [-0.4, -0.2) is 25.2 Å². The molecular formula is C18H21F2NO4. The number of nitriles is 1. The molecule has 0 bridgehead atoms. The Morgan fingerprint density at radius 2 is 1.56 bits per heavy atom. The molecular weight excluding hydrogens is 332 g/mol. The van der Waals surface area contributed by atoms with Crippen LogP contribution in [0.25, 0.3) is 0 Å². The van der Waals surface area contributed by atoms with Gasteiger partial charge in [-0.2, -0.15) is 5.26 Å². The summed E-state index contributed by atoms with van der Waals surface area (Å²) in [4.78, 5) is 23.3. The molecule has 0 aliphatic rings. The predicted octanol–water partition coefficient (Wildman–Crippen LogP) is 3.41. The first-order valence-electron chi connectivity index (χ1n) is 8.06. The van der Waals surface area contributed by atoms with Gasteiger partial charge in [-0.05, 0) is 44.4 Å². The summed E-state index contributed by atoms with van der Waals surface area (Å²) in [5.41, 5.74) is -1.11. The van der Waals surface area contributed by atoms with Crippen LogP contribution in [0.5, 0.6) is 0 Å². The fourth-order valence-corrected chi connectivity index (χ4v) is 2.48. The molecule has 0 aliphatic carbocycles. The fourth-order valence-electron chi connectivity index (χ4n) is 2.48. The first-order chi connectivity index (χ1) is 11.9. The molecule has 136 valence electrons. The predicted molar refractivity (Wildman–Crippen MR) is 85.4 cm³/mol. The van der Waals surface area contributed by atoms with Crippen molar-refractivity contribution in [3.8, 4) is 6.07 Å². The minimum atomic E-state index is -1.33. The van der Waals surface area contributed by atoms with Gasteiger partial charge in [-0.25, -0.2) is 8.78 Å². The van der Waals surface area contributed by atoms with Gasteiger partial charge in [0.1, 0.15) is 0 Å². The zero-order valence-electron chi connectivity index (χ0n) is 14.3. The second kappa shape index (κ2) is 9.72. The molecule has 0 atom stereocenters. The Labute approximate surface area is 145 Å².